The highest BCUT2D eigenvalue weighted by Gasteiger charge is 2.39. The minimum Gasteiger partial charge on any atom is -0.481 e. The lowest BCUT2D eigenvalue weighted by Crippen LogP contribution is -2.20. The lowest BCUT2D eigenvalue weighted by molar-refractivity contribution is -0.136. The Morgan fingerprint density at radius 3 is 2.30 bits per heavy atom. The van der Waals surface area contributed by atoms with Gasteiger partial charge in [0.15, 0.2) is 0 Å². The molecule has 1 saturated carbocycles. The highest BCUT2D eigenvalue weighted by Crippen LogP contribution is 2.36. The molecule has 0 saturated heterocycles. The van der Waals surface area contributed by atoms with Crippen LogP contribution < -0.4 is 0 Å². The van der Waals surface area contributed by atoms with Crippen LogP contribution in [0.3, 0.4) is 0 Å². The van der Waals surface area contributed by atoms with Crippen molar-refractivity contribution in [3.63, 3.8) is 0 Å². The fourth-order valence-corrected chi connectivity index (χ4v) is 3.22. The number of aliphatic carboxylic acids is 1. The molecule has 0 radical (unpaired) electrons. The summed E-state index contributed by atoms with van der Waals surface area (Å²) in [6, 6.07) is 0. The second kappa shape index (κ2) is 13.5. The van der Waals surface area contributed by atoms with Gasteiger partial charge in [-0.3, -0.25) is 4.79 Å². The van der Waals surface area contributed by atoms with Crippen LogP contribution in [0.2, 0.25) is 0 Å². The van der Waals surface area contributed by atoms with Gasteiger partial charge in [-0.2, -0.15) is 0 Å². The van der Waals surface area contributed by atoms with E-state index < -0.39 is 24.3 Å². The van der Waals surface area contributed by atoms with Crippen molar-refractivity contribution >= 4 is 5.97 Å². The van der Waals surface area contributed by atoms with Gasteiger partial charge in [-0.1, -0.05) is 55.5 Å². The minimum atomic E-state index is -0.778. The van der Waals surface area contributed by atoms with Crippen molar-refractivity contribution in [1.29, 1.82) is 0 Å². The first-order chi connectivity index (χ1) is 13.0. The highest BCUT2D eigenvalue weighted by atomic mass is 16.4. The van der Waals surface area contributed by atoms with E-state index in [2.05, 4.69) is 0 Å². The van der Waals surface area contributed by atoms with E-state index in [1.165, 1.54) is 0 Å². The van der Waals surface area contributed by atoms with Gasteiger partial charge >= 0.3 is 5.97 Å². The Bertz CT molecular complexity index is 535. The molecule has 1 rings (SSSR count). The van der Waals surface area contributed by atoms with Crippen LogP contribution >= 0.6 is 0 Å². The van der Waals surface area contributed by atoms with Gasteiger partial charge in [0, 0.05) is 18.8 Å². The SMILES string of the molecule is CC[C@H](O)/C=C/[C@@H]1[C@H](C/C=C\C/C=C\C/C=C\CCC(=O)O)[C@@H](O)C[C@H]1O. The molecule has 0 amide bonds. The van der Waals surface area contributed by atoms with Gasteiger partial charge in [0.1, 0.15) is 0 Å². The molecule has 0 aliphatic heterocycles. The van der Waals surface area contributed by atoms with Crippen LogP contribution in [-0.2, 0) is 4.79 Å². The zero-order valence-corrected chi connectivity index (χ0v) is 16.2. The summed E-state index contributed by atoms with van der Waals surface area (Å²) in [4.78, 5) is 10.4. The Morgan fingerprint density at radius 1 is 1.04 bits per heavy atom. The molecular formula is C22H34O5. The monoisotopic (exact) mass is 378 g/mol. The maximum absolute atomic E-state index is 10.4. The molecule has 5 atom stereocenters. The Labute approximate surface area is 162 Å². The maximum atomic E-state index is 10.4. The van der Waals surface area contributed by atoms with E-state index in [9.17, 15) is 20.1 Å². The van der Waals surface area contributed by atoms with Crippen LogP contribution in [0.1, 0.15) is 51.9 Å². The van der Waals surface area contributed by atoms with Crippen LogP contribution in [0.15, 0.2) is 48.6 Å². The first-order valence-electron chi connectivity index (χ1n) is 9.85. The molecule has 0 aromatic heterocycles. The van der Waals surface area contributed by atoms with Gasteiger partial charge in [-0.05, 0) is 38.0 Å². The van der Waals surface area contributed by atoms with Crippen LogP contribution in [0.25, 0.3) is 0 Å². The van der Waals surface area contributed by atoms with Gasteiger partial charge in [-0.15, -0.1) is 0 Å². The number of carboxylic acids is 1. The zero-order chi connectivity index (χ0) is 20.1. The molecule has 0 bridgehead atoms. The summed E-state index contributed by atoms with van der Waals surface area (Å²) in [5.41, 5.74) is 0. The van der Waals surface area contributed by atoms with Crippen molar-refractivity contribution in [2.24, 2.45) is 11.8 Å². The number of aliphatic hydroxyl groups excluding tert-OH is 3. The fraction of sp³-hybridized carbons (Fsp3) is 0.591. The van der Waals surface area contributed by atoms with Crippen LogP contribution in [0, 0.1) is 11.8 Å². The average molecular weight is 379 g/mol. The zero-order valence-electron chi connectivity index (χ0n) is 16.2. The maximum Gasteiger partial charge on any atom is 0.303 e. The molecule has 0 aromatic rings. The van der Waals surface area contributed by atoms with Crippen molar-refractivity contribution in [2.75, 3.05) is 0 Å². The normalized spacial score (nSPS) is 27.6. The first-order valence-corrected chi connectivity index (χ1v) is 9.85. The molecule has 4 N–H and O–H groups in total. The van der Waals surface area contributed by atoms with Crippen LogP contribution in [-0.4, -0.2) is 44.7 Å². The molecule has 1 aliphatic rings. The van der Waals surface area contributed by atoms with E-state index >= 15 is 0 Å². The summed E-state index contributed by atoms with van der Waals surface area (Å²) in [6.45, 7) is 1.90. The summed E-state index contributed by atoms with van der Waals surface area (Å²) >= 11 is 0. The summed E-state index contributed by atoms with van der Waals surface area (Å²) in [7, 11) is 0. The van der Waals surface area contributed by atoms with Gasteiger partial charge in [0.05, 0.1) is 18.3 Å². The topological polar surface area (TPSA) is 98.0 Å². The third kappa shape index (κ3) is 9.70. The predicted molar refractivity (Wildman–Crippen MR) is 107 cm³/mol. The quantitative estimate of drug-likeness (QED) is 0.390. The Hall–Kier alpha value is -1.69. The van der Waals surface area contributed by atoms with Crippen LogP contribution in [0.4, 0.5) is 0 Å². The third-order valence-electron chi connectivity index (χ3n) is 4.87. The lowest BCUT2D eigenvalue weighted by atomic mass is 9.89. The highest BCUT2D eigenvalue weighted by molar-refractivity contribution is 5.66. The smallest absolute Gasteiger partial charge is 0.303 e. The molecule has 1 fully saturated rings. The van der Waals surface area contributed by atoms with Crippen LogP contribution in [0.5, 0.6) is 0 Å². The van der Waals surface area contributed by atoms with E-state index in [4.69, 9.17) is 5.11 Å². The standard InChI is InChI=1S/C22H34O5/c1-2-17(23)14-15-19-18(20(24)16-21(19)25)12-10-8-6-4-3-5-7-9-11-13-22(26)27/h3-4,7-10,14-15,17-21,23-25H,2,5-6,11-13,16H2,1H3,(H,26,27)/b4-3-,9-7-,10-8-,15-14+/t17-,18-,19+,20-,21+/m0/s1. The molecule has 0 heterocycles. The fourth-order valence-electron chi connectivity index (χ4n) is 3.22. The number of hydrogen-bond acceptors (Lipinski definition) is 4. The number of hydrogen-bond donors (Lipinski definition) is 4. The predicted octanol–water partition coefficient (Wildman–Crippen LogP) is 3.38. The molecular weight excluding hydrogens is 344 g/mol. The molecule has 27 heavy (non-hydrogen) atoms. The van der Waals surface area contributed by atoms with E-state index in [0.29, 0.717) is 25.7 Å². The number of allylic oxidation sites excluding steroid dienone is 6. The first kappa shape index (κ1) is 23.3. The molecule has 152 valence electrons. The van der Waals surface area contributed by atoms with E-state index in [1.807, 2.05) is 49.5 Å². The average Bonchev–Trinajstić information content (AvgIpc) is 2.90. The number of carbonyl (C=O) groups is 1. The second-order valence-electron chi connectivity index (χ2n) is 7.03. The van der Waals surface area contributed by atoms with Gasteiger partial charge in [0.2, 0.25) is 0 Å². The number of rotatable bonds is 12. The minimum absolute atomic E-state index is 0.0299. The number of aliphatic hydroxyl groups is 3. The third-order valence-corrected chi connectivity index (χ3v) is 4.87. The summed E-state index contributed by atoms with van der Waals surface area (Å²) < 4.78 is 0. The molecule has 0 aromatic carbocycles. The Morgan fingerprint density at radius 2 is 1.67 bits per heavy atom. The van der Waals surface area contributed by atoms with Crippen molar-refractivity contribution in [3.05, 3.63) is 48.6 Å². The second-order valence-corrected chi connectivity index (χ2v) is 7.03. The molecule has 5 nitrogen and oxygen atoms in total. The largest absolute Gasteiger partial charge is 0.481 e. The number of carboxylic acid groups (broad SMARTS) is 1. The van der Waals surface area contributed by atoms with E-state index in [0.717, 1.165) is 12.8 Å². The van der Waals surface area contributed by atoms with E-state index in [1.54, 1.807) is 6.08 Å². The molecule has 5 heteroatoms. The van der Waals surface area contributed by atoms with Gasteiger partial charge in [0.25, 0.3) is 0 Å². The van der Waals surface area contributed by atoms with Gasteiger partial charge < -0.3 is 20.4 Å². The summed E-state index contributed by atoms with van der Waals surface area (Å²) in [5, 5.41) is 38.5. The van der Waals surface area contributed by atoms with Crippen molar-refractivity contribution in [2.45, 2.75) is 70.2 Å². The van der Waals surface area contributed by atoms with Gasteiger partial charge in [-0.25, -0.2) is 0 Å². The summed E-state index contributed by atoms with van der Waals surface area (Å²) in [6.07, 6.45) is 18.0. The van der Waals surface area contributed by atoms with E-state index in [-0.39, 0.29) is 18.3 Å². The molecule has 0 spiro atoms. The molecule has 1 aliphatic carbocycles. The Balaban J connectivity index is 2.34. The van der Waals surface area contributed by atoms with Crippen molar-refractivity contribution < 1.29 is 25.2 Å². The lowest BCUT2D eigenvalue weighted by Gasteiger charge is -2.19. The molecule has 0 unspecified atom stereocenters. The Kier molecular flexibility index (Phi) is 11.7. The van der Waals surface area contributed by atoms with Crippen molar-refractivity contribution in [3.8, 4) is 0 Å². The summed E-state index contributed by atoms with van der Waals surface area (Å²) in [5.74, 6) is -0.936. The van der Waals surface area contributed by atoms with Crippen molar-refractivity contribution in [1.82, 2.24) is 0 Å².